The summed E-state index contributed by atoms with van der Waals surface area (Å²) in [5, 5.41) is 7.72. The van der Waals surface area contributed by atoms with E-state index >= 15 is 0 Å². The average Bonchev–Trinajstić information content (AvgIpc) is 2.90. The van der Waals surface area contributed by atoms with Crippen LogP contribution in [0.4, 0.5) is 5.69 Å². The second-order valence-electron chi connectivity index (χ2n) is 10.4. The first-order valence-electron chi connectivity index (χ1n) is 13.3. The fraction of sp³-hybridized carbons (Fsp3) is 0.731. The molecular formula is C26H42N6OS. The molecule has 0 amide bonds. The number of ether oxygens (including phenoxy) is 1. The largest absolute Gasteiger partial charge is 0.379 e. The smallest absolute Gasteiger partial charge is 0.166 e. The van der Waals surface area contributed by atoms with Crippen molar-refractivity contribution < 1.29 is 4.74 Å². The molecular weight excluding hydrogens is 444 g/mol. The number of piperidine rings is 3. The van der Waals surface area contributed by atoms with Gasteiger partial charge in [0.05, 0.1) is 13.2 Å². The van der Waals surface area contributed by atoms with Gasteiger partial charge in [0, 0.05) is 83.7 Å². The van der Waals surface area contributed by atoms with Crippen LogP contribution < -0.4 is 15.5 Å². The minimum absolute atomic E-state index is 0.629. The van der Waals surface area contributed by atoms with Gasteiger partial charge in [-0.05, 0) is 55.6 Å². The number of para-hydroxylation sites is 1. The van der Waals surface area contributed by atoms with E-state index in [1.165, 1.54) is 51.3 Å². The molecule has 5 saturated heterocycles. The molecule has 0 saturated carbocycles. The SMILES string of the molecule is S=C(NCCN1CCOCC1)NC[C@H]1C[C@@H]2CCN1C[C@@H]2CN1CCN(c2ccccc2)CC1. The predicted molar refractivity (Wildman–Crippen MR) is 143 cm³/mol. The topological polar surface area (TPSA) is 46.3 Å². The summed E-state index contributed by atoms with van der Waals surface area (Å²) in [6.45, 7) is 15.1. The first-order chi connectivity index (χ1) is 16.7. The van der Waals surface area contributed by atoms with Gasteiger partial charge in [0.25, 0.3) is 0 Å². The number of anilines is 1. The first-order valence-corrected chi connectivity index (χ1v) is 13.7. The molecule has 1 aromatic carbocycles. The van der Waals surface area contributed by atoms with Gasteiger partial charge in [0.2, 0.25) is 0 Å². The number of piperazine rings is 1. The summed E-state index contributed by atoms with van der Waals surface area (Å²) >= 11 is 5.56. The summed E-state index contributed by atoms with van der Waals surface area (Å²) in [4.78, 5) is 10.4. The monoisotopic (exact) mass is 486 g/mol. The van der Waals surface area contributed by atoms with Gasteiger partial charge in [0.15, 0.2) is 5.11 Å². The van der Waals surface area contributed by atoms with Crippen molar-refractivity contribution in [2.45, 2.75) is 18.9 Å². The van der Waals surface area contributed by atoms with E-state index in [9.17, 15) is 0 Å². The highest BCUT2D eigenvalue weighted by Gasteiger charge is 2.40. The first kappa shape index (κ1) is 24.3. The van der Waals surface area contributed by atoms with Crippen LogP contribution in [0.15, 0.2) is 30.3 Å². The number of fused-ring (bicyclic) bond motifs is 3. The van der Waals surface area contributed by atoms with Crippen LogP contribution >= 0.6 is 12.2 Å². The Bertz CT molecular complexity index is 768. The highest BCUT2D eigenvalue weighted by Crippen LogP contribution is 2.36. The van der Waals surface area contributed by atoms with E-state index in [0.29, 0.717) is 6.04 Å². The molecule has 188 valence electrons. The van der Waals surface area contributed by atoms with E-state index in [2.05, 4.69) is 60.6 Å². The summed E-state index contributed by atoms with van der Waals surface area (Å²) in [5.74, 6) is 1.69. The fourth-order valence-electron chi connectivity index (χ4n) is 6.25. The second-order valence-corrected chi connectivity index (χ2v) is 10.8. The van der Waals surface area contributed by atoms with Gasteiger partial charge in [-0.15, -0.1) is 0 Å². The van der Waals surface area contributed by atoms with Crippen molar-refractivity contribution in [2.24, 2.45) is 11.8 Å². The summed E-state index contributed by atoms with van der Waals surface area (Å²) in [5.41, 5.74) is 1.37. The Morgan fingerprint density at radius 2 is 1.74 bits per heavy atom. The van der Waals surface area contributed by atoms with Crippen molar-refractivity contribution in [3.05, 3.63) is 30.3 Å². The van der Waals surface area contributed by atoms with E-state index in [1.54, 1.807) is 0 Å². The molecule has 8 heteroatoms. The number of nitrogens with zero attached hydrogens (tertiary/aromatic N) is 4. The molecule has 5 aliphatic heterocycles. The highest BCUT2D eigenvalue weighted by atomic mass is 32.1. The molecule has 1 unspecified atom stereocenters. The third-order valence-corrected chi connectivity index (χ3v) is 8.60. The molecule has 0 spiro atoms. The molecule has 5 fully saturated rings. The average molecular weight is 487 g/mol. The van der Waals surface area contributed by atoms with Gasteiger partial charge in [-0.25, -0.2) is 0 Å². The van der Waals surface area contributed by atoms with E-state index in [0.717, 1.165) is 76.0 Å². The van der Waals surface area contributed by atoms with Gasteiger partial charge >= 0.3 is 0 Å². The maximum absolute atomic E-state index is 5.56. The maximum atomic E-state index is 5.56. The van der Waals surface area contributed by atoms with Gasteiger partial charge < -0.3 is 20.3 Å². The summed E-state index contributed by atoms with van der Waals surface area (Å²) in [6, 6.07) is 11.5. The molecule has 2 bridgehead atoms. The van der Waals surface area contributed by atoms with Gasteiger partial charge in [-0.2, -0.15) is 0 Å². The number of rotatable bonds is 8. The second kappa shape index (κ2) is 12.0. The Kier molecular flexibility index (Phi) is 8.56. The van der Waals surface area contributed by atoms with E-state index in [1.807, 2.05) is 0 Å². The molecule has 6 rings (SSSR count). The van der Waals surface area contributed by atoms with Crippen molar-refractivity contribution in [3.8, 4) is 0 Å². The molecule has 1 aromatic rings. The minimum Gasteiger partial charge on any atom is -0.379 e. The minimum atomic E-state index is 0.629. The van der Waals surface area contributed by atoms with Crippen LogP contribution in [0.5, 0.6) is 0 Å². The highest BCUT2D eigenvalue weighted by molar-refractivity contribution is 7.80. The Morgan fingerprint density at radius 3 is 2.47 bits per heavy atom. The van der Waals surface area contributed by atoms with E-state index < -0.39 is 0 Å². The molecule has 4 atom stereocenters. The molecule has 7 nitrogen and oxygen atoms in total. The summed E-state index contributed by atoms with van der Waals surface area (Å²) in [7, 11) is 0. The summed E-state index contributed by atoms with van der Waals surface area (Å²) < 4.78 is 5.42. The number of thiocarbonyl (C=S) groups is 1. The zero-order chi connectivity index (χ0) is 23.2. The van der Waals surface area contributed by atoms with Crippen molar-refractivity contribution in [1.82, 2.24) is 25.3 Å². The van der Waals surface area contributed by atoms with Crippen molar-refractivity contribution in [3.63, 3.8) is 0 Å². The predicted octanol–water partition coefficient (Wildman–Crippen LogP) is 1.32. The van der Waals surface area contributed by atoms with Gasteiger partial charge in [0.1, 0.15) is 0 Å². The van der Waals surface area contributed by atoms with Crippen LogP contribution in [0.25, 0.3) is 0 Å². The normalized spacial score (nSPS) is 30.3. The van der Waals surface area contributed by atoms with E-state index in [-0.39, 0.29) is 0 Å². The molecule has 0 radical (unpaired) electrons. The van der Waals surface area contributed by atoms with Crippen LogP contribution in [0.3, 0.4) is 0 Å². The number of hydrogen-bond acceptors (Lipinski definition) is 6. The number of benzene rings is 1. The number of morpholine rings is 1. The summed E-state index contributed by atoms with van der Waals surface area (Å²) in [6.07, 6.45) is 2.69. The fourth-order valence-corrected chi connectivity index (χ4v) is 6.44. The zero-order valence-corrected chi connectivity index (χ0v) is 21.4. The number of nitrogens with one attached hydrogen (secondary N) is 2. The molecule has 5 aliphatic rings. The van der Waals surface area contributed by atoms with Crippen molar-refractivity contribution in [1.29, 1.82) is 0 Å². The number of hydrogen-bond donors (Lipinski definition) is 2. The third-order valence-electron chi connectivity index (χ3n) is 8.32. The molecule has 0 aliphatic carbocycles. The van der Waals surface area contributed by atoms with Gasteiger partial charge in [-0.1, -0.05) is 18.2 Å². The van der Waals surface area contributed by atoms with Crippen LogP contribution in [-0.2, 0) is 4.74 Å². The Labute approximate surface area is 210 Å². The Hall–Kier alpha value is -1.45. The lowest BCUT2D eigenvalue weighted by Crippen LogP contribution is -2.59. The van der Waals surface area contributed by atoms with Crippen LogP contribution in [0.2, 0.25) is 0 Å². The molecule has 0 aromatic heterocycles. The molecule has 34 heavy (non-hydrogen) atoms. The lowest BCUT2D eigenvalue weighted by Gasteiger charge is -2.51. The lowest BCUT2D eigenvalue weighted by molar-refractivity contribution is -0.0110. The van der Waals surface area contributed by atoms with Gasteiger partial charge in [-0.3, -0.25) is 14.7 Å². The molecule has 2 N–H and O–H groups in total. The van der Waals surface area contributed by atoms with Crippen LogP contribution in [0, 0.1) is 11.8 Å². The van der Waals surface area contributed by atoms with Crippen LogP contribution in [0.1, 0.15) is 12.8 Å². The Morgan fingerprint density at radius 1 is 0.941 bits per heavy atom. The van der Waals surface area contributed by atoms with E-state index in [4.69, 9.17) is 17.0 Å². The zero-order valence-electron chi connectivity index (χ0n) is 20.5. The maximum Gasteiger partial charge on any atom is 0.166 e. The van der Waals surface area contributed by atoms with Crippen LogP contribution in [-0.4, -0.2) is 118 Å². The lowest BCUT2D eigenvalue weighted by atomic mass is 9.75. The quantitative estimate of drug-likeness (QED) is 0.534. The molecule has 5 heterocycles. The third kappa shape index (κ3) is 6.40. The Balaban J connectivity index is 0.993. The van der Waals surface area contributed by atoms with Crippen molar-refractivity contribution >= 4 is 23.0 Å². The van der Waals surface area contributed by atoms with Crippen molar-refractivity contribution in [2.75, 3.05) is 96.7 Å². The standard InChI is InChI=1S/C26H42N6OS/c34-26(27-7-9-29-14-16-33-17-15-29)28-19-25-18-22-6-8-32(25)21-23(22)20-30-10-12-31(13-11-30)24-4-2-1-3-5-24/h1-5,22-23,25H,6-21H2,(H2,27,28,34)/t22-,23-,25+/m0/s1.